The highest BCUT2D eigenvalue weighted by Gasteiger charge is 2.37. The Bertz CT molecular complexity index is 255. The van der Waals surface area contributed by atoms with E-state index >= 15 is 0 Å². The summed E-state index contributed by atoms with van der Waals surface area (Å²) < 4.78 is 17.1. The molecule has 0 aliphatic carbocycles. The summed E-state index contributed by atoms with van der Waals surface area (Å²) in [6, 6.07) is 0. The van der Waals surface area contributed by atoms with Crippen LogP contribution in [0.3, 0.4) is 0 Å². The third-order valence-corrected chi connectivity index (χ3v) is 4.72. The molecular formula is C14H26O3Si. The first-order chi connectivity index (χ1) is 8.74. The van der Waals surface area contributed by atoms with Gasteiger partial charge in [-0.2, -0.15) is 0 Å². The van der Waals surface area contributed by atoms with Gasteiger partial charge in [0.2, 0.25) is 0 Å². The number of allylic oxidation sites excluding steroid dienone is 5. The quantitative estimate of drug-likeness (QED) is 0.448. The van der Waals surface area contributed by atoms with E-state index in [1.165, 1.54) is 0 Å². The van der Waals surface area contributed by atoms with Crippen LogP contribution in [-0.4, -0.2) is 28.6 Å². The van der Waals surface area contributed by atoms with Crippen LogP contribution in [0.5, 0.6) is 0 Å². The SMILES string of the molecule is CC/C=C/C=C/C=C/[Si](OCC)(OCC)OCC. The molecule has 104 valence electrons. The van der Waals surface area contributed by atoms with Gasteiger partial charge in [-0.05, 0) is 32.9 Å². The molecule has 0 rings (SSSR count). The smallest absolute Gasteiger partial charge is 0.371 e. The van der Waals surface area contributed by atoms with Crippen LogP contribution >= 0.6 is 0 Å². The third-order valence-electron chi connectivity index (χ3n) is 2.04. The van der Waals surface area contributed by atoms with Gasteiger partial charge in [-0.15, -0.1) is 0 Å². The molecule has 0 saturated heterocycles. The van der Waals surface area contributed by atoms with Crippen molar-refractivity contribution in [2.45, 2.75) is 34.1 Å². The number of hydrogen-bond donors (Lipinski definition) is 0. The second-order valence-electron chi connectivity index (χ2n) is 3.48. The van der Waals surface area contributed by atoms with E-state index in [0.29, 0.717) is 19.8 Å². The summed E-state index contributed by atoms with van der Waals surface area (Å²) in [5.74, 6) is 0. The molecule has 0 aromatic rings. The van der Waals surface area contributed by atoms with E-state index in [1.54, 1.807) is 0 Å². The lowest BCUT2D eigenvalue weighted by Crippen LogP contribution is -2.44. The molecule has 0 saturated carbocycles. The monoisotopic (exact) mass is 270 g/mol. The lowest BCUT2D eigenvalue weighted by molar-refractivity contribution is 0.0843. The van der Waals surface area contributed by atoms with E-state index in [-0.39, 0.29) is 0 Å². The molecule has 18 heavy (non-hydrogen) atoms. The van der Waals surface area contributed by atoms with Crippen LogP contribution in [0.1, 0.15) is 34.1 Å². The molecule has 0 radical (unpaired) electrons. The molecule has 0 atom stereocenters. The van der Waals surface area contributed by atoms with Gasteiger partial charge >= 0.3 is 8.80 Å². The standard InChI is InChI=1S/C14H26O3Si/c1-5-9-10-11-12-13-14-18(15-6-2,16-7-3)17-8-4/h9-14H,5-8H2,1-4H3/b10-9+,12-11+,14-13+. The minimum Gasteiger partial charge on any atom is -0.371 e. The lowest BCUT2D eigenvalue weighted by atomic mass is 10.4. The van der Waals surface area contributed by atoms with E-state index in [2.05, 4.69) is 13.0 Å². The maximum absolute atomic E-state index is 5.69. The Morgan fingerprint density at radius 1 is 0.722 bits per heavy atom. The molecule has 0 fully saturated rings. The molecule has 0 aromatic carbocycles. The van der Waals surface area contributed by atoms with Crippen molar-refractivity contribution in [2.75, 3.05) is 19.8 Å². The van der Waals surface area contributed by atoms with Crippen molar-refractivity contribution < 1.29 is 13.3 Å². The van der Waals surface area contributed by atoms with Gasteiger partial charge in [-0.25, -0.2) is 0 Å². The molecule has 0 bridgehead atoms. The average Bonchev–Trinajstić information content (AvgIpc) is 2.35. The Morgan fingerprint density at radius 3 is 1.67 bits per heavy atom. The molecular weight excluding hydrogens is 244 g/mol. The summed E-state index contributed by atoms with van der Waals surface area (Å²) in [5, 5.41) is 0. The van der Waals surface area contributed by atoms with Gasteiger partial charge in [-0.1, -0.05) is 37.3 Å². The number of hydrogen-bond acceptors (Lipinski definition) is 3. The second kappa shape index (κ2) is 11.4. The second-order valence-corrected chi connectivity index (χ2v) is 5.89. The van der Waals surface area contributed by atoms with Crippen LogP contribution in [0.4, 0.5) is 0 Å². The first kappa shape index (κ1) is 17.3. The fourth-order valence-corrected chi connectivity index (χ4v) is 3.48. The molecule has 0 aliphatic heterocycles. The molecule has 0 heterocycles. The lowest BCUT2D eigenvalue weighted by Gasteiger charge is -2.25. The Kier molecular flexibility index (Phi) is 11.0. The fraction of sp³-hybridized carbons (Fsp3) is 0.571. The van der Waals surface area contributed by atoms with Gasteiger partial charge in [0.1, 0.15) is 0 Å². The zero-order valence-corrected chi connectivity index (χ0v) is 13.0. The highest BCUT2D eigenvalue weighted by atomic mass is 28.4. The minimum atomic E-state index is -2.62. The summed E-state index contributed by atoms with van der Waals surface area (Å²) in [6.07, 6.45) is 11.1. The van der Waals surface area contributed by atoms with Gasteiger partial charge < -0.3 is 13.3 Å². The van der Waals surface area contributed by atoms with Crippen LogP contribution < -0.4 is 0 Å². The summed E-state index contributed by atoms with van der Waals surface area (Å²) in [7, 11) is -2.62. The van der Waals surface area contributed by atoms with Crippen LogP contribution in [0.25, 0.3) is 0 Å². The van der Waals surface area contributed by atoms with E-state index in [0.717, 1.165) is 6.42 Å². The van der Waals surface area contributed by atoms with Crippen LogP contribution in [0, 0.1) is 0 Å². The van der Waals surface area contributed by atoms with E-state index < -0.39 is 8.80 Å². The van der Waals surface area contributed by atoms with Crippen molar-refractivity contribution in [3.8, 4) is 0 Å². The molecule has 0 aromatic heterocycles. The fourth-order valence-electron chi connectivity index (χ4n) is 1.39. The zero-order valence-electron chi connectivity index (χ0n) is 12.0. The predicted octanol–water partition coefficient (Wildman–Crippen LogP) is 3.65. The molecule has 0 amide bonds. The highest BCUT2D eigenvalue weighted by Crippen LogP contribution is 2.11. The largest absolute Gasteiger partial charge is 0.529 e. The Labute approximate surface area is 113 Å². The van der Waals surface area contributed by atoms with E-state index in [1.807, 2.05) is 50.8 Å². The van der Waals surface area contributed by atoms with Crippen LogP contribution in [-0.2, 0) is 13.3 Å². The van der Waals surface area contributed by atoms with Crippen molar-refractivity contribution in [1.29, 1.82) is 0 Å². The van der Waals surface area contributed by atoms with Gasteiger partial charge in [0.25, 0.3) is 0 Å². The van der Waals surface area contributed by atoms with Crippen molar-refractivity contribution in [3.63, 3.8) is 0 Å². The Morgan fingerprint density at radius 2 is 1.22 bits per heavy atom. The van der Waals surface area contributed by atoms with Crippen molar-refractivity contribution in [1.82, 2.24) is 0 Å². The Balaban J connectivity index is 4.58. The van der Waals surface area contributed by atoms with Crippen molar-refractivity contribution >= 4 is 8.80 Å². The zero-order chi connectivity index (χ0) is 13.7. The molecule has 0 spiro atoms. The molecule has 0 unspecified atom stereocenters. The minimum absolute atomic E-state index is 0.593. The highest BCUT2D eigenvalue weighted by molar-refractivity contribution is 6.66. The van der Waals surface area contributed by atoms with Gasteiger partial charge in [-0.3, -0.25) is 0 Å². The molecule has 3 nitrogen and oxygen atoms in total. The first-order valence-electron chi connectivity index (χ1n) is 6.67. The summed E-state index contributed by atoms with van der Waals surface area (Å²) >= 11 is 0. The maximum Gasteiger partial charge on any atom is 0.529 e. The van der Waals surface area contributed by atoms with Crippen molar-refractivity contribution in [2.24, 2.45) is 0 Å². The maximum atomic E-state index is 5.69. The normalized spacial score (nSPS) is 13.3. The summed E-state index contributed by atoms with van der Waals surface area (Å²) in [4.78, 5) is 0. The third kappa shape index (κ3) is 7.61. The van der Waals surface area contributed by atoms with Gasteiger partial charge in [0.15, 0.2) is 0 Å². The summed E-state index contributed by atoms with van der Waals surface area (Å²) in [6.45, 7) is 9.74. The molecule has 0 aliphatic rings. The van der Waals surface area contributed by atoms with Crippen LogP contribution in [0.2, 0.25) is 0 Å². The van der Waals surface area contributed by atoms with Gasteiger partial charge in [0, 0.05) is 19.8 Å². The Hall–Kier alpha value is -0.683. The van der Waals surface area contributed by atoms with Crippen molar-refractivity contribution in [3.05, 3.63) is 36.1 Å². The predicted molar refractivity (Wildman–Crippen MR) is 78.3 cm³/mol. The molecule has 0 N–H and O–H groups in total. The average molecular weight is 270 g/mol. The summed E-state index contributed by atoms with van der Waals surface area (Å²) in [5.41, 5.74) is 1.93. The number of rotatable bonds is 10. The van der Waals surface area contributed by atoms with E-state index in [9.17, 15) is 0 Å². The van der Waals surface area contributed by atoms with E-state index in [4.69, 9.17) is 13.3 Å². The molecule has 4 heteroatoms. The van der Waals surface area contributed by atoms with Crippen LogP contribution in [0.15, 0.2) is 36.1 Å². The van der Waals surface area contributed by atoms with Gasteiger partial charge in [0.05, 0.1) is 0 Å². The first-order valence-corrected chi connectivity index (χ1v) is 8.47. The topological polar surface area (TPSA) is 27.7 Å².